The first-order valence-corrected chi connectivity index (χ1v) is 8.95. The first-order valence-electron chi connectivity index (χ1n) is 7.24. The number of rotatable bonds is 4. The van der Waals surface area contributed by atoms with Gasteiger partial charge in [0.2, 0.25) is 0 Å². The van der Waals surface area contributed by atoms with E-state index in [1.165, 1.54) is 6.07 Å². The Labute approximate surface area is 130 Å². The molecule has 2 rings (SSSR count). The molecule has 1 aliphatic rings. The third-order valence-electron chi connectivity index (χ3n) is 3.95. The Hall–Kier alpha value is -1.73. The summed E-state index contributed by atoms with van der Waals surface area (Å²) in [5.41, 5.74) is 0.633. The highest BCUT2D eigenvalue weighted by atomic mass is 32.2. The molecular weight excluding hydrogens is 304 g/mol. The molecule has 1 aromatic carbocycles. The number of benzene rings is 1. The number of para-hydroxylation sites is 1. The van der Waals surface area contributed by atoms with Gasteiger partial charge in [-0.2, -0.15) is 0 Å². The van der Waals surface area contributed by atoms with E-state index in [1.54, 1.807) is 31.2 Å². The zero-order valence-corrected chi connectivity index (χ0v) is 13.3. The number of sulfone groups is 1. The van der Waals surface area contributed by atoms with Crippen molar-refractivity contribution in [1.82, 2.24) is 4.90 Å². The van der Waals surface area contributed by atoms with Gasteiger partial charge in [0.15, 0.2) is 9.84 Å². The van der Waals surface area contributed by atoms with Crippen molar-refractivity contribution in [3.05, 3.63) is 46.0 Å². The third kappa shape index (κ3) is 4.14. The zero-order chi connectivity index (χ0) is 16.2. The first kappa shape index (κ1) is 16.6. The lowest BCUT2D eigenvalue weighted by Crippen LogP contribution is -2.27. The van der Waals surface area contributed by atoms with E-state index in [2.05, 4.69) is 4.90 Å². The molecule has 6 nitrogen and oxygen atoms in total. The standard InChI is InChI=1S/C15H20N2O4S/c1-13-8-10-16(11-12-22(13,20)21)9-4-6-14-5-2-3-7-15(14)17(18)19/h2-7,13H,8-12H2,1H3/b6-4+/t13-/m0/s1. The van der Waals surface area contributed by atoms with Crippen LogP contribution in [-0.4, -0.2) is 48.9 Å². The first-order chi connectivity index (χ1) is 10.4. The Morgan fingerprint density at radius 1 is 1.36 bits per heavy atom. The topological polar surface area (TPSA) is 80.5 Å². The van der Waals surface area contributed by atoms with Crippen LogP contribution in [0.4, 0.5) is 5.69 Å². The number of nitro benzene ring substituents is 1. The van der Waals surface area contributed by atoms with Crippen molar-refractivity contribution in [3.63, 3.8) is 0 Å². The van der Waals surface area contributed by atoms with Crippen molar-refractivity contribution < 1.29 is 13.3 Å². The second kappa shape index (κ2) is 7.02. The van der Waals surface area contributed by atoms with E-state index < -0.39 is 14.8 Å². The number of nitrogens with zero attached hydrogens (tertiary/aromatic N) is 2. The smallest absolute Gasteiger partial charge is 0.276 e. The second-order valence-electron chi connectivity index (χ2n) is 5.49. The van der Waals surface area contributed by atoms with Crippen LogP contribution < -0.4 is 0 Å². The lowest BCUT2D eigenvalue weighted by Gasteiger charge is -2.16. The van der Waals surface area contributed by atoms with Gasteiger partial charge in [-0.15, -0.1) is 0 Å². The summed E-state index contributed by atoms with van der Waals surface area (Å²) in [6, 6.07) is 6.56. The molecule has 1 atom stereocenters. The van der Waals surface area contributed by atoms with Crippen LogP contribution >= 0.6 is 0 Å². The molecule has 0 unspecified atom stereocenters. The van der Waals surface area contributed by atoms with Crippen molar-refractivity contribution in [3.8, 4) is 0 Å². The molecule has 0 spiro atoms. The molecule has 7 heteroatoms. The van der Waals surface area contributed by atoms with Crippen molar-refractivity contribution >= 4 is 21.6 Å². The van der Waals surface area contributed by atoms with Crippen molar-refractivity contribution in [2.45, 2.75) is 18.6 Å². The quantitative estimate of drug-likeness (QED) is 0.626. The molecule has 1 heterocycles. The minimum atomic E-state index is -2.98. The molecular formula is C15H20N2O4S. The summed E-state index contributed by atoms with van der Waals surface area (Å²) in [6.07, 6.45) is 4.20. The Morgan fingerprint density at radius 2 is 2.09 bits per heavy atom. The molecule has 0 aliphatic carbocycles. The van der Waals surface area contributed by atoms with E-state index in [0.717, 1.165) is 6.54 Å². The highest BCUT2D eigenvalue weighted by Crippen LogP contribution is 2.19. The van der Waals surface area contributed by atoms with Gasteiger partial charge in [-0.25, -0.2) is 8.42 Å². The van der Waals surface area contributed by atoms with Gasteiger partial charge in [-0.3, -0.25) is 15.0 Å². The van der Waals surface area contributed by atoms with E-state index in [1.807, 2.05) is 6.08 Å². The van der Waals surface area contributed by atoms with Crippen molar-refractivity contribution in [2.24, 2.45) is 0 Å². The maximum atomic E-state index is 11.8. The summed E-state index contributed by atoms with van der Waals surface area (Å²) in [7, 11) is -2.98. The van der Waals surface area contributed by atoms with E-state index in [0.29, 0.717) is 25.1 Å². The molecule has 1 saturated heterocycles. The van der Waals surface area contributed by atoms with Gasteiger partial charge in [-0.1, -0.05) is 24.3 Å². The minimum absolute atomic E-state index is 0.0748. The van der Waals surface area contributed by atoms with Crippen LogP contribution in [0.2, 0.25) is 0 Å². The van der Waals surface area contributed by atoms with Gasteiger partial charge >= 0.3 is 0 Å². The Morgan fingerprint density at radius 3 is 2.82 bits per heavy atom. The summed E-state index contributed by atoms with van der Waals surface area (Å²) in [5, 5.41) is 10.6. The molecule has 120 valence electrons. The highest BCUT2D eigenvalue weighted by molar-refractivity contribution is 7.92. The zero-order valence-electron chi connectivity index (χ0n) is 12.5. The van der Waals surface area contributed by atoms with Gasteiger partial charge in [0.05, 0.1) is 21.5 Å². The van der Waals surface area contributed by atoms with Crippen LogP contribution in [0.3, 0.4) is 0 Å². The van der Waals surface area contributed by atoms with Gasteiger partial charge in [0.25, 0.3) is 5.69 Å². The van der Waals surface area contributed by atoms with E-state index >= 15 is 0 Å². The number of hydrogen-bond acceptors (Lipinski definition) is 5. The summed E-state index contributed by atoms with van der Waals surface area (Å²) >= 11 is 0. The third-order valence-corrected chi connectivity index (χ3v) is 6.16. The average molecular weight is 324 g/mol. The molecule has 0 aromatic heterocycles. The maximum Gasteiger partial charge on any atom is 0.276 e. The monoisotopic (exact) mass is 324 g/mol. The second-order valence-corrected chi connectivity index (χ2v) is 8.02. The van der Waals surface area contributed by atoms with E-state index in [4.69, 9.17) is 0 Å². The molecule has 1 aliphatic heterocycles. The molecule has 1 fully saturated rings. The Balaban J connectivity index is 2.00. The van der Waals surface area contributed by atoms with Crippen LogP contribution in [0, 0.1) is 10.1 Å². The minimum Gasteiger partial charge on any atom is -0.299 e. The van der Waals surface area contributed by atoms with Gasteiger partial charge in [-0.05, 0) is 26.0 Å². The fraction of sp³-hybridized carbons (Fsp3) is 0.467. The summed E-state index contributed by atoms with van der Waals surface area (Å²) in [5.74, 6) is 0.174. The molecule has 22 heavy (non-hydrogen) atoms. The fourth-order valence-electron chi connectivity index (χ4n) is 2.42. The summed E-state index contributed by atoms with van der Waals surface area (Å²) in [4.78, 5) is 12.6. The summed E-state index contributed by atoms with van der Waals surface area (Å²) in [6.45, 7) is 3.58. The van der Waals surface area contributed by atoms with Crippen LogP contribution in [0.25, 0.3) is 6.08 Å². The molecule has 0 amide bonds. The molecule has 0 bridgehead atoms. The SMILES string of the molecule is C[C@H]1CCN(C/C=C/c2ccccc2[N+](=O)[O-])CCS1(=O)=O. The summed E-state index contributed by atoms with van der Waals surface area (Å²) < 4.78 is 23.7. The average Bonchev–Trinajstić information content (AvgIpc) is 2.60. The molecule has 0 saturated carbocycles. The van der Waals surface area contributed by atoms with Crippen molar-refractivity contribution in [1.29, 1.82) is 0 Å². The Bertz CT molecular complexity index is 670. The lowest BCUT2D eigenvalue weighted by atomic mass is 10.1. The predicted molar refractivity (Wildman–Crippen MR) is 86.4 cm³/mol. The number of hydrogen-bond donors (Lipinski definition) is 0. The number of nitro groups is 1. The van der Waals surface area contributed by atoms with E-state index in [-0.39, 0.29) is 16.7 Å². The lowest BCUT2D eigenvalue weighted by molar-refractivity contribution is -0.385. The molecule has 0 radical (unpaired) electrons. The fourth-order valence-corrected chi connectivity index (χ4v) is 3.80. The molecule has 1 aromatic rings. The van der Waals surface area contributed by atoms with Crippen LogP contribution in [0.1, 0.15) is 18.9 Å². The largest absolute Gasteiger partial charge is 0.299 e. The van der Waals surface area contributed by atoms with Crippen molar-refractivity contribution in [2.75, 3.05) is 25.4 Å². The Kier molecular flexibility index (Phi) is 5.31. The van der Waals surface area contributed by atoms with Gasteiger partial charge < -0.3 is 0 Å². The normalized spacial score (nSPS) is 22.5. The van der Waals surface area contributed by atoms with Gasteiger partial charge in [0.1, 0.15) is 0 Å². The van der Waals surface area contributed by atoms with E-state index in [9.17, 15) is 18.5 Å². The predicted octanol–water partition coefficient (Wildman–Crippen LogP) is 2.12. The van der Waals surface area contributed by atoms with Gasteiger partial charge in [0, 0.05) is 19.2 Å². The van der Waals surface area contributed by atoms with Crippen LogP contribution in [0.5, 0.6) is 0 Å². The maximum absolute atomic E-state index is 11.8. The van der Waals surface area contributed by atoms with Crippen LogP contribution in [-0.2, 0) is 9.84 Å². The highest BCUT2D eigenvalue weighted by Gasteiger charge is 2.25. The van der Waals surface area contributed by atoms with Crippen LogP contribution in [0.15, 0.2) is 30.3 Å². The molecule has 0 N–H and O–H groups in total.